The van der Waals surface area contributed by atoms with E-state index in [0.29, 0.717) is 6.04 Å². The van der Waals surface area contributed by atoms with Crippen molar-refractivity contribution in [3.05, 3.63) is 46.6 Å². The third kappa shape index (κ3) is 2.97. The van der Waals surface area contributed by atoms with Crippen LogP contribution in [0.15, 0.2) is 45.3 Å². The van der Waals surface area contributed by atoms with Crippen LogP contribution in [0.4, 0.5) is 0 Å². The Kier molecular flexibility index (Phi) is 4.24. The highest BCUT2D eigenvalue weighted by Crippen LogP contribution is 2.26. The number of furan rings is 1. The number of rotatable bonds is 4. The van der Waals surface area contributed by atoms with Crippen molar-refractivity contribution in [2.75, 3.05) is 13.1 Å². The van der Waals surface area contributed by atoms with Crippen molar-refractivity contribution in [1.82, 2.24) is 4.90 Å². The topological polar surface area (TPSA) is 42.4 Å². The predicted octanol–water partition coefficient (Wildman–Crippen LogP) is 3.63. The van der Waals surface area contributed by atoms with Crippen LogP contribution in [0.25, 0.3) is 11.3 Å². The minimum atomic E-state index is 0.510. The fraction of sp³-hybridized carbons (Fsp3) is 0.375. The molecule has 0 aliphatic carbocycles. The summed E-state index contributed by atoms with van der Waals surface area (Å²) >= 11 is 3.45. The normalized spacial score (nSPS) is 19.6. The molecule has 3 nitrogen and oxygen atoms in total. The van der Waals surface area contributed by atoms with Crippen molar-refractivity contribution in [1.29, 1.82) is 0 Å². The molecule has 1 fully saturated rings. The van der Waals surface area contributed by atoms with Crippen molar-refractivity contribution in [2.45, 2.75) is 25.4 Å². The molecule has 1 unspecified atom stereocenters. The lowest BCUT2D eigenvalue weighted by Gasteiger charge is -2.21. The quantitative estimate of drug-likeness (QED) is 0.928. The minimum Gasteiger partial charge on any atom is -0.460 e. The van der Waals surface area contributed by atoms with Crippen molar-refractivity contribution < 1.29 is 4.42 Å². The van der Waals surface area contributed by atoms with Crippen LogP contribution in [-0.2, 0) is 6.54 Å². The first kappa shape index (κ1) is 13.9. The van der Waals surface area contributed by atoms with Gasteiger partial charge in [0.2, 0.25) is 0 Å². The van der Waals surface area contributed by atoms with Gasteiger partial charge in [0.05, 0.1) is 6.54 Å². The lowest BCUT2D eigenvalue weighted by atomic mass is 10.2. The molecule has 1 aliphatic heterocycles. The maximum atomic E-state index is 5.97. The van der Waals surface area contributed by atoms with Crippen LogP contribution in [0.5, 0.6) is 0 Å². The van der Waals surface area contributed by atoms with Gasteiger partial charge in [0, 0.05) is 22.6 Å². The maximum Gasteiger partial charge on any atom is 0.134 e. The van der Waals surface area contributed by atoms with Crippen molar-refractivity contribution in [3.8, 4) is 11.3 Å². The summed E-state index contributed by atoms with van der Waals surface area (Å²) in [5.74, 6) is 1.94. The molecule has 1 aromatic carbocycles. The smallest absolute Gasteiger partial charge is 0.134 e. The maximum absolute atomic E-state index is 5.97. The van der Waals surface area contributed by atoms with Crippen LogP contribution in [0.3, 0.4) is 0 Å². The molecule has 1 aromatic heterocycles. The van der Waals surface area contributed by atoms with E-state index in [9.17, 15) is 0 Å². The summed E-state index contributed by atoms with van der Waals surface area (Å²) in [5, 5.41) is 0. The number of hydrogen-bond acceptors (Lipinski definition) is 3. The second-order valence-electron chi connectivity index (χ2n) is 5.28. The van der Waals surface area contributed by atoms with E-state index in [-0.39, 0.29) is 0 Å². The van der Waals surface area contributed by atoms with Gasteiger partial charge in [-0.15, -0.1) is 0 Å². The fourth-order valence-corrected chi connectivity index (χ4v) is 3.07. The van der Waals surface area contributed by atoms with Gasteiger partial charge < -0.3 is 10.2 Å². The Morgan fingerprint density at radius 2 is 2.00 bits per heavy atom. The Bertz CT molecular complexity index is 564. The number of halogens is 1. The predicted molar refractivity (Wildman–Crippen MR) is 84.3 cm³/mol. The van der Waals surface area contributed by atoms with Gasteiger partial charge in [-0.25, -0.2) is 0 Å². The molecule has 2 aromatic rings. The number of nitrogens with two attached hydrogens (primary N) is 1. The molecule has 4 heteroatoms. The second-order valence-corrected chi connectivity index (χ2v) is 6.19. The zero-order valence-corrected chi connectivity index (χ0v) is 13.0. The highest BCUT2D eigenvalue weighted by Gasteiger charge is 2.23. The Hall–Kier alpha value is -1.10. The summed E-state index contributed by atoms with van der Waals surface area (Å²) in [6.45, 7) is 2.72. The monoisotopic (exact) mass is 334 g/mol. The first-order valence-corrected chi connectivity index (χ1v) is 7.84. The van der Waals surface area contributed by atoms with Crippen molar-refractivity contribution >= 4 is 15.9 Å². The third-order valence-corrected chi connectivity index (χ3v) is 4.45. The van der Waals surface area contributed by atoms with E-state index in [1.54, 1.807) is 0 Å². The first-order chi connectivity index (χ1) is 9.76. The third-order valence-electron chi connectivity index (χ3n) is 3.92. The van der Waals surface area contributed by atoms with Gasteiger partial charge >= 0.3 is 0 Å². The lowest BCUT2D eigenvalue weighted by Crippen LogP contribution is -2.34. The van der Waals surface area contributed by atoms with E-state index in [0.717, 1.165) is 41.2 Å². The molecule has 0 saturated carbocycles. The Balaban J connectivity index is 1.72. The van der Waals surface area contributed by atoms with E-state index in [1.165, 1.54) is 12.8 Å². The Morgan fingerprint density at radius 3 is 2.75 bits per heavy atom. The van der Waals surface area contributed by atoms with E-state index in [2.05, 4.69) is 39.0 Å². The van der Waals surface area contributed by atoms with Crippen LogP contribution < -0.4 is 5.73 Å². The summed E-state index contributed by atoms with van der Waals surface area (Å²) in [6.07, 6.45) is 2.44. The summed E-state index contributed by atoms with van der Waals surface area (Å²) < 4.78 is 7.05. The Morgan fingerprint density at radius 1 is 1.20 bits per heavy atom. The number of hydrogen-bond donors (Lipinski definition) is 1. The van der Waals surface area contributed by atoms with Gasteiger partial charge in [0.25, 0.3) is 0 Å². The highest BCUT2D eigenvalue weighted by atomic mass is 79.9. The van der Waals surface area contributed by atoms with E-state index in [4.69, 9.17) is 10.2 Å². The molecular weight excluding hydrogens is 316 g/mol. The van der Waals surface area contributed by atoms with Gasteiger partial charge in [-0.1, -0.05) is 28.1 Å². The van der Waals surface area contributed by atoms with Crippen LogP contribution in [0, 0.1) is 0 Å². The van der Waals surface area contributed by atoms with Crippen LogP contribution >= 0.6 is 15.9 Å². The largest absolute Gasteiger partial charge is 0.460 e. The first-order valence-electron chi connectivity index (χ1n) is 7.05. The minimum absolute atomic E-state index is 0.510. The molecule has 0 spiro atoms. The standard InChI is InChI=1S/C16H19BrN2O/c17-13-5-3-12(4-6-13)16-8-7-15(20-16)11-19-9-1-2-14(19)10-18/h3-8,14H,1-2,9-11,18H2. The van der Waals surface area contributed by atoms with Gasteiger partial charge in [-0.05, 0) is 43.7 Å². The number of likely N-dealkylation sites (tertiary alicyclic amines) is 1. The highest BCUT2D eigenvalue weighted by molar-refractivity contribution is 9.10. The molecule has 106 valence electrons. The summed E-state index contributed by atoms with van der Waals surface area (Å²) in [5.41, 5.74) is 6.92. The average molecular weight is 335 g/mol. The summed E-state index contributed by atoms with van der Waals surface area (Å²) in [6, 6.07) is 12.8. The van der Waals surface area contributed by atoms with E-state index in [1.807, 2.05) is 18.2 Å². The zero-order valence-electron chi connectivity index (χ0n) is 11.4. The van der Waals surface area contributed by atoms with Crippen molar-refractivity contribution in [3.63, 3.8) is 0 Å². The molecule has 2 heterocycles. The van der Waals surface area contributed by atoms with Crippen LogP contribution in [0.1, 0.15) is 18.6 Å². The van der Waals surface area contributed by atoms with Gasteiger partial charge in [0.15, 0.2) is 0 Å². The van der Waals surface area contributed by atoms with Gasteiger partial charge in [0.1, 0.15) is 11.5 Å². The molecule has 20 heavy (non-hydrogen) atoms. The van der Waals surface area contributed by atoms with E-state index < -0.39 is 0 Å². The average Bonchev–Trinajstić information content (AvgIpc) is 3.09. The van der Waals surface area contributed by atoms with Crippen LogP contribution in [0.2, 0.25) is 0 Å². The summed E-state index contributed by atoms with van der Waals surface area (Å²) in [7, 11) is 0. The zero-order chi connectivity index (χ0) is 13.9. The molecule has 3 rings (SSSR count). The molecular formula is C16H19BrN2O. The molecule has 0 radical (unpaired) electrons. The van der Waals surface area contributed by atoms with Crippen molar-refractivity contribution in [2.24, 2.45) is 5.73 Å². The number of nitrogens with zero attached hydrogens (tertiary/aromatic N) is 1. The second kappa shape index (κ2) is 6.12. The van der Waals surface area contributed by atoms with Gasteiger partial charge in [-0.2, -0.15) is 0 Å². The molecule has 1 aliphatic rings. The van der Waals surface area contributed by atoms with Crippen LogP contribution in [-0.4, -0.2) is 24.0 Å². The van der Waals surface area contributed by atoms with Gasteiger partial charge in [-0.3, -0.25) is 4.90 Å². The molecule has 1 saturated heterocycles. The fourth-order valence-electron chi connectivity index (χ4n) is 2.80. The molecule has 2 N–H and O–H groups in total. The molecule has 0 amide bonds. The molecule has 1 atom stereocenters. The van der Waals surface area contributed by atoms with E-state index >= 15 is 0 Å². The molecule has 0 bridgehead atoms. The summed E-state index contributed by atoms with van der Waals surface area (Å²) in [4.78, 5) is 2.42. The number of benzene rings is 1. The SMILES string of the molecule is NCC1CCCN1Cc1ccc(-c2ccc(Br)cc2)o1. The lowest BCUT2D eigenvalue weighted by molar-refractivity contribution is 0.231. The Labute approximate surface area is 127 Å².